The summed E-state index contributed by atoms with van der Waals surface area (Å²) in [5.74, 6) is 0.949. The summed E-state index contributed by atoms with van der Waals surface area (Å²) in [5, 5.41) is 10.6. The van der Waals surface area contributed by atoms with E-state index >= 15 is 0 Å². The summed E-state index contributed by atoms with van der Waals surface area (Å²) < 4.78 is 1.79. The zero-order valence-corrected chi connectivity index (χ0v) is 9.64. The van der Waals surface area contributed by atoms with E-state index in [1.54, 1.807) is 16.3 Å². The lowest BCUT2D eigenvalue weighted by molar-refractivity contribution is 0.642. The van der Waals surface area contributed by atoms with Gasteiger partial charge in [-0.05, 0) is 19.4 Å². The van der Waals surface area contributed by atoms with Gasteiger partial charge in [-0.1, -0.05) is 18.7 Å². The fraction of sp³-hybridized carbons (Fsp3) is 0.778. The smallest absolute Gasteiger partial charge is 0.316 e. The second kappa shape index (κ2) is 4.85. The van der Waals surface area contributed by atoms with Gasteiger partial charge in [0.05, 0.1) is 0 Å². The molecule has 0 amide bonds. The van der Waals surface area contributed by atoms with Crippen LogP contribution in [0.25, 0.3) is 0 Å². The normalized spacial score (nSPS) is 15.8. The van der Waals surface area contributed by atoms with Crippen LogP contribution in [0.1, 0.15) is 25.8 Å². The lowest BCUT2D eigenvalue weighted by Crippen LogP contribution is -2.18. The number of aromatic nitrogens is 3. The Morgan fingerprint density at radius 1 is 1.67 bits per heavy atom. The van der Waals surface area contributed by atoms with E-state index < -0.39 is 0 Å². The van der Waals surface area contributed by atoms with Crippen LogP contribution in [-0.2, 0) is 0 Å². The van der Waals surface area contributed by atoms with Gasteiger partial charge in [-0.25, -0.2) is 9.89 Å². The summed E-state index contributed by atoms with van der Waals surface area (Å²) in [4.78, 5) is 11.4. The maximum Gasteiger partial charge on any atom is 0.344 e. The van der Waals surface area contributed by atoms with Crippen molar-refractivity contribution in [3.63, 3.8) is 0 Å². The lowest BCUT2D eigenvalue weighted by Gasteiger charge is -2.03. The summed E-state index contributed by atoms with van der Waals surface area (Å²) in [5.41, 5.74) is -0.0662. The predicted molar refractivity (Wildman–Crippen MR) is 60.4 cm³/mol. The van der Waals surface area contributed by atoms with E-state index in [0.29, 0.717) is 6.04 Å². The molecule has 0 aliphatic heterocycles. The number of hydrogen-bond donors (Lipinski definition) is 2. The molecule has 1 saturated carbocycles. The van der Waals surface area contributed by atoms with Crippen molar-refractivity contribution in [1.82, 2.24) is 20.1 Å². The van der Waals surface area contributed by atoms with Crippen molar-refractivity contribution in [3.8, 4) is 0 Å². The Balaban J connectivity index is 1.92. The van der Waals surface area contributed by atoms with E-state index in [2.05, 4.69) is 22.4 Å². The number of rotatable bonds is 6. The van der Waals surface area contributed by atoms with Crippen LogP contribution >= 0.6 is 11.8 Å². The first kappa shape index (κ1) is 10.8. The number of H-pyrrole nitrogens is 1. The van der Waals surface area contributed by atoms with Gasteiger partial charge in [0.2, 0.25) is 0 Å². The molecule has 0 spiro atoms. The molecule has 5 nitrogen and oxygen atoms in total. The van der Waals surface area contributed by atoms with Crippen molar-refractivity contribution in [2.24, 2.45) is 0 Å². The van der Waals surface area contributed by atoms with E-state index in [0.717, 1.165) is 36.8 Å². The van der Waals surface area contributed by atoms with Crippen LogP contribution in [0.5, 0.6) is 0 Å². The van der Waals surface area contributed by atoms with Crippen LogP contribution in [0.4, 0.5) is 0 Å². The van der Waals surface area contributed by atoms with Crippen molar-refractivity contribution in [1.29, 1.82) is 0 Å². The Morgan fingerprint density at radius 2 is 2.47 bits per heavy atom. The van der Waals surface area contributed by atoms with E-state index in [9.17, 15) is 4.79 Å². The van der Waals surface area contributed by atoms with Crippen LogP contribution in [0, 0.1) is 0 Å². The largest absolute Gasteiger partial charge is 0.344 e. The van der Waals surface area contributed by atoms with Gasteiger partial charge in [-0.15, -0.1) is 5.10 Å². The molecule has 0 unspecified atom stereocenters. The fourth-order valence-electron chi connectivity index (χ4n) is 1.44. The summed E-state index contributed by atoms with van der Waals surface area (Å²) in [6.45, 7) is 4.02. The molecule has 1 aromatic rings. The molecular weight excluding hydrogens is 212 g/mol. The lowest BCUT2D eigenvalue weighted by atomic mass is 10.7. The molecule has 0 bridgehead atoms. The SMILES string of the molecule is CCNCCSc1n[nH]c(=O)n1C1CC1. The first-order valence-electron chi connectivity index (χ1n) is 5.33. The molecule has 1 aliphatic carbocycles. The minimum atomic E-state index is -0.0662. The molecule has 2 N–H and O–H groups in total. The second-order valence-electron chi connectivity index (χ2n) is 3.61. The molecule has 15 heavy (non-hydrogen) atoms. The van der Waals surface area contributed by atoms with Crippen LogP contribution < -0.4 is 11.0 Å². The quantitative estimate of drug-likeness (QED) is 0.553. The average Bonchev–Trinajstić information content (AvgIpc) is 2.99. The highest BCUT2D eigenvalue weighted by Crippen LogP contribution is 2.35. The third-order valence-electron chi connectivity index (χ3n) is 2.34. The predicted octanol–water partition coefficient (Wildman–Crippen LogP) is 0.608. The van der Waals surface area contributed by atoms with Gasteiger partial charge in [0, 0.05) is 18.3 Å². The fourth-order valence-corrected chi connectivity index (χ4v) is 2.35. The summed E-state index contributed by atoms with van der Waals surface area (Å²) in [6.07, 6.45) is 2.22. The van der Waals surface area contributed by atoms with Gasteiger partial charge in [0.15, 0.2) is 5.16 Å². The summed E-state index contributed by atoms with van der Waals surface area (Å²) in [6, 6.07) is 0.401. The van der Waals surface area contributed by atoms with Crippen LogP contribution in [0.3, 0.4) is 0 Å². The highest BCUT2D eigenvalue weighted by atomic mass is 32.2. The van der Waals surface area contributed by atoms with Crippen molar-refractivity contribution in [3.05, 3.63) is 10.5 Å². The molecule has 1 heterocycles. The first-order chi connectivity index (χ1) is 7.33. The minimum absolute atomic E-state index is 0.0662. The van der Waals surface area contributed by atoms with Gasteiger partial charge < -0.3 is 5.32 Å². The van der Waals surface area contributed by atoms with Crippen LogP contribution in [0.15, 0.2) is 9.95 Å². The van der Waals surface area contributed by atoms with Gasteiger partial charge in [-0.2, -0.15) is 0 Å². The van der Waals surface area contributed by atoms with E-state index in [1.165, 1.54) is 0 Å². The summed E-state index contributed by atoms with van der Waals surface area (Å²) >= 11 is 1.63. The molecule has 1 aromatic heterocycles. The maximum atomic E-state index is 11.4. The molecule has 1 fully saturated rings. The Kier molecular flexibility index (Phi) is 3.48. The summed E-state index contributed by atoms with van der Waals surface area (Å²) in [7, 11) is 0. The van der Waals surface area contributed by atoms with Crippen molar-refractivity contribution in [2.75, 3.05) is 18.8 Å². The Bertz CT molecular complexity index is 368. The van der Waals surface area contributed by atoms with Gasteiger partial charge in [-0.3, -0.25) is 4.57 Å². The van der Waals surface area contributed by atoms with Gasteiger partial charge in [0.1, 0.15) is 0 Å². The molecule has 84 valence electrons. The monoisotopic (exact) mass is 228 g/mol. The van der Waals surface area contributed by atoms with Gasteiger partial charge in [0.25, 0.3) is 0 Å². The molecule has 1 aliphatic rings. The minimum Gasteiger partial charge on any atom is -0.316 e. The topological polar surface area (TPSA) is 62.7 Å². The zero-order chi connectivity index (χ0) is 10.7. The molecule has 6 heteroatoms. The number of nitrogens with zero attached hydrogens (tertiary/aromatic N) is 2. The zero-order valence-electron chi connectivity index (χ0n) is 8.82. The maximum absolute atomic E-state index is 11.4. The number of thioether (sulfide) groups is 1. The first-order valence-corrected chi connectivity index (χ1v) is 6.32. The molecule has 2 rings (SSSR count). The molecule has 0 saturated heterocycles. The van der Waals surface area contributed by atoms with E-state index in [4.69, 9.17) is 0 Å². The second-order valence-corrected chi connectivity index (χ2v) is 4.68. The number of hydrogen-bond acceptors (Lipinski definition) is 4. The Morgan fingerprint density at radius 3 is 3.13 bits per heavy atom. The molecular formula is C9H16N4OS. The van der Waals surface area contributed by atoms with Gasteiger partial charge >= 0.3 is 5.69 Å². The third kappa shape index (κ3) is 2.63. The number of nitrogens with one attached hydrogen (secondary N) is 2. The molecule has 0 aromatic carbocycles. The van der Waals surface area contributed by atoms with Crippen molar-refractivity contribution in [2.45, 2.75) is 31.0 Å². The molecule has 0 atom stereocenters. The van der Waals surface area contributed by atoms with E-state index in [1.807, 2.05) is 0 Å². The number of aromatic amines is 1. The Hall–Kier alpha value is -0.750. The van der Waals surface area contributed by atoms with Crippen molar-refractivity contribution >= 4 is 11.8 Å². The van der Waals surface area contributed by atoms with Crippen molar-refractivity contribution < 1.29 is 0 Å². The highest BCUT2D eigenvalue weighted by molar-refractivity contribution is 7.99. The average molecular weight is 228 g/mol. The standard InChI is InChI=1S/C9H16N4OS/c1-2-10-5-6-15-9-12-11-8(14)13(9)7-3-4-7/h7,10H,2-6H2,1H3,(H,11,14). The molecule has 0 radical (unpaired) electrons. The van der Waals surface area contributed by atoms with Crippen LogP contribution in [-0.4, -0.2) is 33.6 Å². The van der Waals surface area contributed by atoms with E-state index in [-0.39, 0.29) is 5.69 Å². The highest BCUT2D eigenvalue weighted by Gasteiger charge is 2.28. The Labute approximate surface area is 92.6 Å². The third-order valence-corrected chi connectivity index (χ3v) is 3.30. The van der Waals surface area contributed by atoms with Crippen LogP contribution in [0.2, 0.25) is 0 Å².